The number of benzene rings is 1. The van der Waals surface area contributed by atoms with Crippen molar-refractivity contribution in [3.63, 3.8) is 0 Å². The molecule has 1 aromatic carbocycles. The van der Waals surface area contributed by atoms with Gasteiger partial charge in [-0.3, -0.25) is 9.59 Å². The van der Waals surface area contributed by atoms with E-state index in [4.69, 9.17) is 0 Å². The first kappa shape index (κ1) is 17.8. The van der Waals surface area contributed by atoms with Gasteiger partial charge in [0.25, 0.3) is 5.91 Å². The smallest absolute Gasteiger partial charge is 0.277 e. The monoisotopic (exact) mass is 353 g/mol. The maximum absolute atomic E-state index is 13.0. The number of aryl methyl sites for hydroxylation is 1. The second kappa shape index (κ2) is 7.95. The van der Waals surface area contributed by atoms with E-state index in [9.17, 15) is 9.59 Å². The Morgan fingerprint density at radius 1 is 1.19 bits per heavy atom. The van der Waals surface area contributed by atoms with Gasteiger partial charge in [0.15, 0.2) is 0 Å². The number of piperazine rings is 1. The molecule has 2 aromatic rings. The van der Waals surface area contributed by atoms with Crippen molar-refractivity contribution in [2.75, 3.05) is 42.5 Å². The van der Waals surface area contributed by atoms with Crippen LogP contribution in [0.5, 0.6) is 0 Å². The van der Waals surface area contributed by atoms with E-state index in [1.807, 2.05) is 38.1 Å². The maximum Gasteiger partial charge on any atom is 0.277 e. The van der Waals surface area contributed by atoms with Gasteiger partial charge in [-0.2, -0.15) is 0 Å². The van der Waals surface area contributed by atoms with Crippen molar-refractivity contribution in [2.45, 2.75) is 13.8 Å². The minimum Gasteiger partial charge on any atom is -0.353 e. The summed E-state index contributed by atoms with van der Waals surface area (Å²) in [6.07, 6.45) is 2.30. The van der Waals surface area contributed by atoms with E-state index in [2.05, 4.69) is 14.9 Å². The molecule has 26 heavy (non-hydrogen) atoms. The molecule has 1 aliphatic heterocycles. The van der Waals surface area contributed by atoms with Crippen LogP contribution < -0.4 is 9.80 Å². The number of hydrogen-bond donors (Lipinski definition) is 0. The Balaban J connectivity index is 1.80. The van der Waals surface area contributed by atoms with Crippen LogP contribution in [0.1, 0.15) is 23.0 Å². The summed E-state index contributed by atoms with van der Waals surface area (Å²) in [7, 11) is 0. The Kier molecular flexibility index (Phi) is 5.46. The molecular weight excluding hydrogens is 330 g/mol. The fraction of sp³-hybridized carbons (Fsp3) is 0.368. The third-order valence-electron chi connectivity index (χ3n) is 4.53. The number of anilines is 2. The largest absolute Gasteiger partial charge is 0.353 e. The van der Waals surface area contributed by atoms with Crippen molar-refractivity contribution >= 4 is 23.8 Å². The highest BCUT2D eigenvalue weighted by atomic mass is 16.2. The van der Waals surface area contributed by atoms with Gasteiger partial charge in [-0.05, 0) is 31.5 Å². The summed E-state index contributed by atoms with van der Waals surface area (Å²) < 4.78 is 0. The number of carbonyl (C=O) groups is 2. The number of aromatic nitrogens is 2. The average Bonchev–Trinajstić information content (AvgIpc) is 2.69. The van der Waals surface area contributed by atoms with Crippen molar-refractivity contribution in [3.05, 3.63) is 47.9 Å². The van der Waals surface area contributed by atoms with Crippen LogP contribution in [0.15, 0.2) is 36.7 Å². The standard InChI is InChI=1S/C19H23N5O2/c1-3-24(16-6-4-5-15(2)11-16)19(26)17-12-18(21-13-20-17)23-9-7-22(14-25)8-10-23/h4-6,11-14H,3,7-10H2,1-2H3. The summed E-state index contributed by atoms with van der Waals surface area (Å²) in [6, 6.07) is 9.59. The molecule has 0 aliphatic carbocycles. The number of rotatable bonds is 5. The van der Waals surface area contributed by atoms with Gasteiger partial charge in [-0.25, -0.2) is 9.97 Å². The zero-order valence-electron chi connectivity index (χ0n) is 15.1. The quantitative estimate of drug-likeness (QED) is 0.766. The SMILES string of the molecule is CCN(C(=O)c1cc(N2CCN(C=O)CC2)ncn1)c1cccc(C)c1. The van der Waals surface area contributed by atoms with Crippen LogP contribution in [0.4, 0.5) is 11.5 Å². The molecule has 1 aromatic heterocycles. The first-order chi connectivity index (χ1) is 12.6. The molecule has 3 rings (SSSR count). The van der Waals surface area contributed by atoms with E-state index >= 15 is 0 Å². The van der Waals surface area contributed by atoms with Gasteiger partial charge >= 0.3 is 0 Å². The van der Waals surface area contributed by atoms with Crippen LogP contribution in [-0.4, -0.2) is 59.9 Å². The second-order valence-corrected chi connectivity index (χ2v) is 6.28. The average molecular weight is 353 g/mol. The molecule has 0 saturated carbocycles. The molecule has 0 N–H and O–H groups in total. The third kappa shape index (κ3) is 3.82. The highest BCUT2D eigenvalue weighted by Crippen LogP contribution is 2.20. The summed E-state index contributed by atoms with van der Waals surface area (Å²) in [5, 5.41) is 0. The molecule has 0 spiro atoms. The molecule has 0 atom stereocenters. The first-order valence-electron chi connectivity index (χ1n) is 8.77. The fourth-order valence-corrected chi connectivity index (χ4v) is 3.07. The van der Waals surface area contributed by atoms with Gasteiger partial charge < -0.3 is 14.7 Å². The van der Waals surface area contributed by atoms with Crippen molar-refractivity contribution in [2.24, 2.45) is 0 Å². The van der Waals surface area contributed by atoms with Crippen molar-refractivity contribution < 1.29 is 9.59 Å². The normalized spacial score (nSPS) is 14.2. The molecule has 7 heteroatoms. The minimum atomic E-state index is -0.145. The Morgan fingerprint density at radius 2 is 1.96 bits per heavy atom. The van der Waals surface area contributed by atoms with E-state index in [0.29, 0.717) is 44.2 Å². The maximum atomic E-state index is 13.0. The Labute approximate surface area is 153 Å². The summed E-state index contributed by atoms with van der Waals surface area (Å²) in [5.41, 5.74) is 2.33. The summed E-state index contributed by atoms with van der Waals surface area (Å²) in [6.45, 7) is 7.20. The molecular formula is C19H23N5O2. The third-order valence-corrected chi connectivity index (χ3v) is 4.53. The lowest BCUT2D eigenvalue weighted by Gasteiger charge is -2.33. The van der Waals surface area contributed by atoms with Crippen LogP contribution in [0, 0.1) is 6.92 Å². The molecule has 0 radical (unpaired) electrons. The molecule has 2 amide bonds. The molecule has 0 unspecified atom stereocenters. The van der Waals surface area contributed by atoms with E-state index in [1.165, 1.54) is 6.33 Å². The predicted molar refractivity (Wildman–Crippen MR) is 100 cm³/mol. The lowest BCUT2D eigenvalue weighted by atomic mass is 10.2. The van der Waals surface area contributed by atoms with Gasteiger partial charge in [0.2, 0.25) is 6.41 Å². The van der Waals surface area contributed by atoms with Gasteiger partial charge in [0.1, 0.15) is 17.8 Å². The zero-order chi connectivity index (χ0) is 18.5. The Bertz CT molecular complexity index is 787. The molecule has 1 fully saturated rings. The molecule has 0 bridgehead atoms. The van der Waals surface area contributed by atoms with Gasteiger partial charge in [-0.15, -0.1) is 0 Å². The second-order valence-electron chi connectivity index (χ2n) is 6.28. The highest BCUT2D eigenvalue weighted by Gasteiger charge is 2.21. The van der Waals surface area contributed by atoms with Crippen molar-refractivity contribution in [1.29, 1.82) is 0 Å². The van der Waals surface area contributed by atoms with Crippen LogP contribution in [0.25, 0.3) is 0 Å². The van der Waals surface area contributed by atoms with Crippen LogP contribution >= 0.6 is 0 Å². The van der Waals surface area contributed by atoms with Crippen LogP contribution in [0.2, 0.25) is 0 Å². The topological polar surface area (TPSA) is 69.6 Å². The Morgan fingerprint density at radius 3 is 2.62 bits per heavy atom. The number of hydrogen-bond acceptors (Lipinski definition) is 5. The first-order valence-corrected chi connectivity index (χ1v) is 8.77. The molecule has 2 heterocycles. The summed E-state index contributed by atoms with van der Waals surface area (Å²) >= 11 is 0. The van der Waals surface area contributed by atoms with Crippen LogP contribution in [0.3, 0.4) is 0 Å². The lowest BCUT2D eigenvalue weighted by molar-refractivity contribution is -0.118. The van der Waals surface area contributed by atoms with Crippen molar-refractivity contribution in [3.8, 4) is 0 Å². The summed E-state index contributed by atoms with van der Waals surface area (Å²) in [5.74, 6) is 0.572. The lowest BCUT2D eigenvalue weighted by Crippen LogP contribution is -2.46. The number of amides is 2. The van der Waals surface area contributed by atoms with E-state index in [1.54, 1.807) is 15.9 Å². The minimum absolute atomic E-state index is 0.145. The Hall–Kier alpha value is -2.96. The fourth-order valence-electron chi connectivity index (χ4n) is 3.07. The highest BCUT2D eigenvalue weighted by molar-refractivity contribution is 6.05. The molecule has 1 aliphatic rings. The van der Waals surface area contributed by atoms with Gasteiger partial charge in [-0.1, -0.05) is 12.1 Å². The molecule has 136 valence electrons. The van der Waals surface area contributed by atoms with E-state index < -0.39 is 0 Å². The molecule has 1 saturated heterocycles. The van der Waals surface area contributed by atoms with Crippen molar-refractivity contribution in [1.82, 2.24) is 14.9 Å². The van der Waals surface area contributed by atoms with E-state index in [0.717, 1.165) is 17.7 Å². The van der Waals surface area contributed by atoms with Gasteiger partial charge in [0.05, 0.1) is 0 Å². The number of carbonyl (C=O) groups excluding carboxylic acids is 2. The summed E-state index contributed by atoms with van der Waals surface area (Å²) in [4.78, 5) is 37.8. The van der Waals surface area contributed by atoms with E-state index in [-0.39, 0.29) is 5.91 Å². The zero-order valence-corrected chi connectivity index (χ0v) is 15.1. The molecule has 7 nitrogen and oxygen atoms in total. The van der Waals surface area contributed by atoms with Crippen LogP contribution in [-0.2, 0) is 4.79 Å². The number of nitrogens with zero attached hydrogens (tertiary/aromatic N) is 5. The predicted octanol–water partition coefficient (Wildman–Crippen LogP) is 1.73. The van der Waals surface area contributed by atoms with Gasteiger partial charge in [0, 0.05) is 44.5 Å².